The van der Waals surface area contributed by atoms with Crippen LogP contribution >= 0.6 is 11.3 Å². The Kier molecular flexibility index (Phi) is 6.73. The molecular formula is C25H21N3O3S. The molecule has 2 aromatic carbocycles. The number of carbonyl (C=O) groups excluding carboxylic acids is 1. The van der Waals surface area contributed by atoms with Crippen molar-refractivity contribution in [1.29, 1.82) is 0 Å². The summed E-state index contributed by atoms with van der Waals surface area (Å²) in [6.07, 6.45) is 4.95. The standard InChI is InChI=1S/C25H21N3O3S/c1-3-11-30-24-16-21-20(15-22(24)26-2)23(8-9-27-21)31-19-6-4-17(5-7-19)13-18(29)14-25-28-10-12-32-25/h4-10,12,15-16H,3,11,13-14H2,1H3. The van der Waals surface area contributed by atoms with Gasteiger partial charge in [0.25, 0.3) is 0 Å². The number of benzene rings is 2. The molecule has 6 nitrogen and oxygen atoms in total. The summed E-state index contributed by atoms with van der Waals surface area (Å²) >= 11 is 1.49. The lowest BCUT2D eigenvalue weighted by molar-refractivity contribution is -0.117. The molecule has 0 N–H and O–H groups in total. The molecule has 0 unspecified atom stereocenters. The van der Waals surface area contributed by atoms with Gasteiger partial charge in [-0.1, -0.05) is 19.1 Å². The molecule has 0 amide bonds. The number of hydrogen-bond donors (Lipinski definition) is 0. The first-order chi connectivity index (χ1) is 15.7. The number of pyridine rings is 1. The highest BCUT2D eigenvalue weighted by Gasteiger charge is 2.12. The summed E-state index contributed by atoms with van der Waals surface area (Å²) in [6.45, 7) is 10.0. The predicted octanol–water partition coefficient (Wildman–Crippen LogP) is 6.18. The largest absolute Gasteiger partial charge is 0.505 e. The van der Waals surface area contributed by atoms with Crippen molar-refractivity contribution in [3.8, 4) is 17.2 Å². The van der Waals surface area contributed by atoms with E-state index in [2.05, 4.69) is 14.8 Å². The quantitative estimate of drug-likeness (QED) is 0.289. The van der Waals surface area contributed by atoms with Crippen LogP contribution in [0.2, 0.25) is 0 Å². The fourth-order valence-electron chi connectivity index (χ4n) is 3.24. The van der Waals surface area contributed by atoms with Gasteiger partial charge in [-0.3, -0.25) is 9.78 Å². The van der Waals surface area contributed by atoms with Crippen LogP contribution in [0, 0.1) is 6.57 Å². The van der Waals surface area contributed by atoms with Crippen LogP contribution in [0.5, 0.6) is 17.2 Å². The molecule has 160 valence electrons. The molecule has 4 aromatic rings. The van der Waals surface area contributed by atoms with Crippen molar-refractivity contribution in [2.45, 2.75) is 26.2 Å². The Morgan fingerprint density at radius 1 is 1.06 bits per heavy atom. The molecule has 7 heteroatoms. The molecule has 0 atom stereocenters. The van der Waals surface area contributed by atoms with Crippen LogP contribution in [0.4, 0.5) is 5.69 Å². The van der Waals surface area contributed by atoms with Crippen molar-refractivity contribution >= 4 is 33.7 Å². The number of rotatable bonds is 9. The third-order valence-electron chi connectivity index (χ3n) is 4.75. The predicted molar refractivity (Wildman–Crippen MR) is 125 cm³/mol. The first-order valence-electron chi connectivity index (χ1n) is 10.3. The third kappa shape index (κ3) is 5.10. The second-order valence-corrected chi connectivity index (χ2v) is 8.15. The summed E-state index contributed by atoms with van der Waals surface area (Å²) < 4.78 is 11.8. The van der Waals surface area contributed by atoms with Gasteiger partial charge in [-0.25, -0.2) is 9.83 Å². The zero-order valence-corrected chi connectivity index (χ0v) is 18.4. The molecule has 0 aliphatic heterocycles. The molecule has 0 aliphatic carbocycles. The molecule has 0 saturated carbocycles. The van der Waals surface area contributed by atoms with Gasteiger partial charge < -0.3 is 9.47 Å². The van der Waals surface area contributed by atoms with Gasteiger partial charge >= 0.3 is 0 Å². The van der Waals surface area contributed by atoms with Crippen molar-refractivity contribution < 1.29 is 14.3 Å². The number of carbonyl (C=O) groups is 1. The van der Waals surface area contributed by atoms with Crippen LogP contribution in [0.1, 0.15) is 23.9 Å². The van der Waals surface area contributed by atoms with Gasteiger partial charge in [0, 0.05) is 29.6 Å². The molecule has 0 radical (unpaired) electrons. The van der Waals surface area contributed by atoms with Crippen LogP contribution in [-0.2, 0) is 17.6 Å². The maximum absolute atomic E-state index is 12.2. The van der Waals surface area contributed by atoms with Crippen molar-refractivity contribution in [2.24, 2.45) is 0 Å². The van der Waals surface area contributed by atoms with Crippen LogP contribution in [-0.4, -0.2) is 22.4 Å². The van der Waals surface area contributed by atoms with E-state index in [1.807, 2.05) is 36.6 Å². The van der Waals surface area contributed by atoms with Crippen LogP contribution < -0.4 is 9.47 Å². The Bertz CT molecular complexity index is 1260. The number of ketones is 1. The smallest absolute Gasteiger partial charge is 0.229 e. The Balaban J connectivity index is 1.50. The van der Waals surface area contributed by atoms with Crippen molar-refractivity contribution in [3.63, 3.8) is 0 Å². The van der Waals surface area contributed by atoms with Gasteiger partial charge in [0.15, 0.2) is 0 Å². The Morgan fingerprint density at radius 3 is 2.62 bits per heavy atom. The Hall–Kier alpha value is -3.76. The Morgan fingerprint density at radius 2 is 1.91 bits per heavy atom. The molecule has 0 fully saturated rings. The molecule has 0 aliphatic rings. The first kappa shape index (κ1) is 21.5. The second-order valence-electron chi connectivity index (χ2n) is 7.17. The lowest BCUT2D eigenvalue weighted by Gasteiger charge is -2.12. The van der Waals surface area contributed by atoms with Crippen molar-refractivity contribution in [3.05, 3.63) is 82.2 Å². The van der Waals surface area contributed by atoms with Crippen molar-refractivity contribution in [2.75, 3.05) is 6.61 Å². The molecule has 4 rings (SSSR count). The maximum Gasteiger partial charge on any atom is 0.229 e. The monoisotopic (exact) mass is 443 g/mol. The minimum absolute atomic E-state index is 0.126. The van der Waals surface area contributed by atoms with E-state index in [1.165, 1.54) is 11.3 Å². The number of nitrogens with zero attached hydrogens (tertiary/aromatic N) is 3. The maximum atomic E-state index is 12.2. The van der Waals surface area contributed by atoms with E-state index in [4.69, 9.17) is 16.0 Å². The van der Waals surface area contributed by atoms with Gasteiger partial charge in [0.2, 0.25) is 5.69 Å². The molecule has 32 heavy (non-hydrogen) atoms. The minimum atomic E-state index is 0.126. The molecule has 2 aromatic heterocycles. The fourth-order valence-corrected chi connectivity index (χ4v) is 3.89. The molecular weight excluding hydrogens is 422 g/mol. The molecule has 0 saturated heterocycles. The van der Waals surface area contributed by atoms with E-state index < -0.39 is 0 Å². The average Bonchev–Trinajstić information content (AvgIpc) is 3.31. The zero-order valence-electron chi connectivity index (χ0n) is 17.6. The van der Waals surface area contributed by atoms with Gasteiger partial charge in [-0.2, -0.15) is 0 Å². The van der Waals surface area contributed by atoms with Gasteiger partial charge in [0.1, 0.15) is 23.0 Å². The zero-order chi connectivity index (χ0) is 22.3. The highest BCUT2D eigenvalue weighted by molar-refractivity contribution is 7.09. The lowest BCUT2D eigenvalue weighted by Crippen LogP contribution is -2.06. The normalized spacial score (nSPS) is 10.6. The van der Waals surface area contributed by atoms with Crippen LogP contribution in [0.25, 0.3) is 15.7 Å². The summed E-state index contributed by atoms with van der Waals surface area (Å²) in [5.41, 5.74) is 2.05. The molecule has 0 bridgehead atoms. The highest BCUT2D eigenvalue weighted by Crippen LogP contribution is 2.37. The summed E-state index contributed by atoms with van der Waals surface area (Å²) in [6, 6.07) is 12.8. The van der Waals surface area contributed by atoms with Gasteiger partial charge in [-0.15, -0.1) is 11.3 Å². The van der Waals surface area contributed by atoms with Crippen molar-refractivity contribution in [1.82, 2.24) is 9.97 Å². The molecule has 0 spiro atoms. The van der Waals surface area contributed by atoms with Crippen LogP contribution in [0.15, 0.2) is 60.2 Å². The fraction of sp³-hybridized carbons (Fsp3) is 0.200. The van der Waals surface area contributed by atoms with E-state index in [0.717, 1.165) is 22.4 Å². The second kappa shape index (κ2) is 10.0. The SMILES string of the molecule is [C-]#[N+]c1cc2c(Oc3ccc(CC(=O)Cc4nccs4)cc3)ccnc2cc1OCCC. The van der Waals surface area contributed by atoms with E-state index in [1.54, 1.807) is 30.6 Å². The first-order valence-corrected chi connectivity index (χ1v) is 11.1. The van der Waals surface area contributed by atoms with E-state index in [9.17, 15) is 4.79 Å². The summed E-state index contributed by atoms with van der Waals surface area (Å²) in [5.74, 6) is 1.91. The average molecular weight is 444 g/mol. The highest BCUT2D eigenvalue weighted by atomic mass is 32.1. The Labute approximate surface area is 190 Å². The molecule has 2 heterocycles. The summed E-state index contributed by atoms with van der Waals surface area (Å²) in [7, 11) is 0. The van der Waals surface area contributed by atoms with Crippen LogP contribution in [0.3, 0.4) is 0 Å². The van der Waals surface area contributed by atoms with Gasteiger partial charge in [0.05, 0.1) is 30.1 Å². The van der Waals surface area contributed by atoms with E-state index in [-0.39, 0.29) is 5.78 Å². The minimum Gasteiger partial charge on any atom is -0.505 e. The summed E-state index contributed by atoms with van der Waals surface area (Å²) in [5, 5.41) is 3.45. The van der Waals surface area contributed by atoms with E-state index in [0.29, 0.717) is 47.9 Å². The number of Topliss-reactive ketones (excluding diaryl/α,β-unsaturated/α-hetero) is 1. The van der Waals surface area contributed by atoms with Gasteiger partial charge in [-0.05, 0) is 42.3 Å². The number of aromatic nitrogens is 2. The number of hydrogen-bond acceptors (Lipinski definition) is 6. The number of thiazole rings is 1. The van der Waals surface area contributed by atoms with E-state index >= 15 is 0 Å². The topological polar surface area (TPSA) is 65.7 Å². The lowest BCUT2D eigenvalue weighted by atomic mass is 10.1. The number of fused-ring (bicyclic) bond motifs is 1. The number of ether oxygens (including phenoxy) is 2. The third-order valence-corrected chi connectivity index (χ3v) is 5.53. The summed E-state index contributed by atoms with van der Waals surface area (Å²) in [4.78, 5) is 24.4.